The summed E-state index contributed by atoms with van der Waals surface area (Å²) in [6.07, 6.45) is 11.3. The fourth-order valence-corrected chi connectivity index (χ4v) is 2.62. The molecule has 2 atom stereocenters. The van der Waals surface area contributed by atoms with Crippen molar-refractivity contribution in [2.75, 3.05) is 6.54 Å². The molecule has 0 saturated heterocycles. The Morgan fingerprint density at radius 2 is 1.77 bits per heavy atom. The SMILES string of the molecule is CCCCC1CCCCCC1CN. The number of nitrogens with two attached hydrogens (primary N) is 1. The van der Waals surface area contributed by atoms with Crippen LogP contribution >= 0.6 is 0 Å². The van der Waals surface area contributed by atoms with Crippen LogP contribution in [0.5, 0.6) is 0 Å². The van der Waals surface area contributed by atoms with Crippen molar-refractivity contribution in [3.8, 4) is 0 Å². The van der Waals surface area contributed by atoms with E-state index in [9.17, 15) is 0 Å². The second kappa shape index (κ2) is 6.42. The lowest BCUT2D eigenvalue weighted by Crippen LogP contribution is -2.22. The van der Waals surface area contributed by atoms with Gasteiger partial charge in [0.15, 0.2) is 0 Å². The van der Waals surface area contributed by atoms with Gasteiger partial charge in [-0.1, -0.05) is 51.9 Å². The Hall–Kier alpha value is -0.0400. The van der Waals surface area contributed by atoms with Crippen LogP contribution in [0, 0.1) is 11.8 Å². The molecule has 0 amide bonds. The van der Waals surface area contributed by atoms with E-state index in [1.807, 2.05) is 0 Å². The van der Waals surface area contributed by atoms with Crippen molar-refractivity contribution in [2.24, 2.45) is 17.6 Å². The molecule has 78 valence electrons. The molecule has 1 aliphatic carbocycles. The van der Waals surface area contributed by atoms with Crippen molar-refractivity contribution in [2.45, 2.75) is 58.3 Å². The summed E-state index contributed by atoms with van der Waals surface area (Å²) >= 11 is 0. The Bertz CT molecular complexity index is 122. The molecule has 0 aromatic heterocycles. The first-order chi connectivity index (χ1) is 6.38. The van der Waals surface area contributed by atoms with E-state index in [0.29, 0.717) is 0 Å². The highest BCUT2D eigenvalue weighted by Gasteiger charge is 2.21. The van der Waals surface area contributed by atoms with Crippen LogP contribution in [0.2, 0.25) is 0 Å². The fraction of sp³-hybridized carbons (Fsp3) is 1.00. The summed E-state index contributed by atoms with van der Waals surface area (Å²) in [6.45, 7) is 3.21. The van der Waals surface area contributed by atoms with Gasteiger partial charge in [0.05, 0.1) is 0 Å². The van der Waals surface area contributed by atoms with Gasteiger partial charge in [-0.05, 0) is 24.8 Å². The minimum Gasteiger partial charge on any atom is -0.330 e. The van der Waals surface area contributed by atoms with Gasteiger partial charge in [-0.15, -0.1) is 0 Å². The van der Waals surface area contributed by atoms with E-state index in [1.165, 1.54) is 51.4 Å². The molecule has 1 fully saturated rings. The molecule has 1 heteroatoms. The molecule has 0 spiro atoms. The van der Waals surface area contributed by atoms with Crippen LogP contribution in [0.4, 0.5) is 0 Å². The summed E-state index contributed by atoms with van der Waals surface area (Å²) < 4.78 is 0. The third-order valence-corrected chi connectivity index (χ3v) is 3.55. The molecule has 0 heterocycles. The number of unbranched alkanes of at least 4 members (excludes halogenated alkanes) is 1. The molecule has 2 unspecified atom stereocenters. The number of hydrogen-bond acceptors (Lipinski definition) is 1. The predicted octanol–water partition coefficient (Wildman–Crippen LogP) is 3.33. The van der Waals surface area contributed by atoms with Gasteiger partial charge in [0.1, 0.15) is 0 Å². The van der Waals surface area contributed by atoms with Crippen molar-refractivity contribution in [3.05, 3.63) is 0 Å². The molecular formula is C12H25N. The molecular weight excluding hydrogens is 158 g/mol. The topological polar surface area (TPSA) is 26.0 Å². The maximum absolute atomic E-state index is 5.83. The molecule has 0 aromatic carbocycles. The zero-order valence-electron chi connectivity index (χ0n) is 9.10. The molecule has 2 N–H and O–H groups in total. The molecule has 0 aliphatic heterocycles. The molecule has 1 nitrogen and oxygen atoms in total. The third kappa shape index (κ3) is 3.68. The zero-order valence-corrected chi connectivity index (χ0v) is 9.10. The summed E-state index contributed by atoms with van der Waals surface area (Å²) in [7, 11) is 0. The lowest BCUT2D eigenvalue weighted by molar-refractivity contribution is 0.295. The number of hydrogen-bond donors (Lipinski definition) is 1. The van der Waals surface area contributed by atoms with Gasteiger partial charge in [0.2, 0.25) is 0 Å². The molecule has 0 radical (unpaired) electrons. The van der Waals surface area contributed by atoms with Crippen LogP contribution < -0.4 is 5.73 Å². The van der Waals surface area contributed by atoms with E-state index in [0.717, 1.165) is 18.4 Å². The molecule has 13 heavy (non-hydrogen) atoms. The Morgan fingerprint density at radius 1 is 1.08 bits per heavy atom. The molecule has 0 bridgehead atoms. The van der Waals surface area contributed by atoms with Gasteiger partial charge in [0.25, 0.3) is 0 Å². The van der Waals surface area contributed by atoms with Crippen molar-refractivity contribution in [1.29, 1.82) is 0 Å². The fourth-order valence-electron chi connectivity index (χ4n) is 2.62. The maximum Gasteiger partial charge on any atom is -0.00462 e. The summed E-state index contributed by atoms with van der Waals surface area (Å²) in [5.74, 6) is 1.79. The van der Waals surface area contributed by atoms with E-state index in [4.69, 9.17) is 5.73 Å². The molecule has 1 saturated carbocycles. The van der Waals surface area contributed by atoms with Crippen molar-refractivity contribution in [3.63, 3.8) is 0 Å². The van der Waals surface area contributed by atoms with Gasteiger partial charge in [0, 0.05) is 0 Å². The third-order valence-electron chi connectivity index (χ3n) is 3.55. The van der Waals surface area contributed by atoms with Crippen molar-refractivity contribution < 1.29 is 0 Å². The second-order valence-electron chi connectivity index (χ2n) is 4.54. The molecule has 1 rings (SSSR count). The van der Waals surface area contributed by atoms with Crippen LogP contribution in [-0.4, -0.2) is 6.54 Å². The van der Waals surface area contributed by atoms with Gasteiger partial charge >= 0.3 is 0 Å². The second-order valence-corrected chi connectivity index (χ2v) is 4.54. The van der Waals surface area contributed by atoms with Crippen LogP contribution in [0.3, 0.4) is 0 Å². The van der Waals surface area contributed by atoms with Crippen LogP contribution in [0.15, 0.2) is 0 Å². The monoisotopic (exact) mass is 183 g/mol. The predicted molar refractivity (Wildman–Crippen MR) is 58.6 cm³/mol. The van der Waals surface area contributed by atoms with E-state index >= 15 is 0 Å². The highest BCUT2D eigenvalue weighted by molar-refractivity contribution is 4.74. The standard InChI is InChI=1S/C12H25N/c1-2-3-7-11-8-5-4-6-9-12(11)10-13/h11-12H,2-10,13H2,1H3. The molecule has 0 aromatic rings. The highest BCUT2D eigenvalue weighted by atomic mass is 14.6. The van der Waals surface area contributed by atoms with Gasteiger partial charge in [-0.2, -0.15) is 0 Å². The van der Waals surface area contributed by atoms with E-state index in [1.54, 1.807) is 0 Å². The average molecular weight is 183 g/mol. The zero-order chi connectivity index (χ0) is 9.52. The quantitative estimate of drug-likeness (QED) is 0.665. The summed E-state index contributed by atoms with van der Waals surface area (Å²) in [5, 5.41) is 0. The van der Waals surface area contributed by atoms with E-state index in [-0.39, 0.29) is 0 Å². The van der Waals surface area contributed by atoms with E-state index < -0.39 is 0 Å². The summed E-state index contributed by atoms with van der Waals surface area (Å²) in [4.78, 5) is 0. The smallest absolute Gasteiger partial charge is 0.00462 e. The Morgan fingerprint density at radius 3 is 2.38 bits per heavy atom. The van der Waals surface area contributed by atoms with Gasteiger partial charge in [-0.25, -0.2) is 0 Å². The van der Waals surface area contributed by atoms with Crippen LogP contribution in [0.1, 0.15) is 58.3 Å². The first-order valence-corrected chi connectivity index (χ1v) is 6.08. The van der Waals surface area contributed by atoms with Crippen LogP contribution in [-0.2, 0) is 0 Å². The lowest BCUT2D eigenvalue weighted by atomic mass is 9.84. The normalized spacial score (nSPS) is 30.0. The minimum absolute atomic E-state index is 0.842. The molecule has 1 aliphatic rings. The van der Waals surface area contributed by atoms with Crippen molar-refractivity contribution in [1.82, 2.24) is 0 Å². The Labute approximate surface area is 83.1 Å². The van der Waals surface area contributed by atoms with E-state index in [2.05, 4.69) is 6.92 Å². The van der Waals surface area contributed by atoms with Crippen molar-refractivity contribution >= 4 is 0 Å². The summed E-state index contributed by atoms with van der Waals surface area (Å²) in [6, 6.07) is 0. The first kappa shape index (κ1) is 11.0. The Balaban J connectivity index is 2.34. The van der Waals surface area contributed by atoms with Gasteiger partial charge in [-0.3, -0.25) is 0 Å². The lowest BCUT2D eigenvalue weighted by Gasteiger charge is -2.23. The highest BCUT2D eigenvalue weighted by Crippen LogP contribution is 2.31. The average Bonchev–Trinajstić information content (AvgIpc) is 2.39. The largest absolute Gasteiger partial charge is 0.330 e. The first-order valence-electron chi connectivity index (χ1n) is 6.08. The van der Waals surface area contributed by atoms with Crippen LogP contribution in [0.25, 0.3) is 0 Å². The minimum atomic E-state index is 0.842. The van der Waals surface area contributed by atoms with Gasteiger partial charge < -0.3 is 5.73 Å². The Kier molecular flexibility index (Phi) is 5.45. The summed E-state index contributed by atoms with van der Waals surface area (Å²) in [5.41, 5.74) is 5.83. The number of rotatable bonds is 4. The maximum atomic E-state index is 5.83.